The van der Waals surface area contributed by atoms with E-state index in [1.807, 2.05) is 18.5 Å². The molecule has 0 aromatic carbocycles. The van der Waals surface area contributed by atoms with Crippen LogP contribution in [-0.2, 0) is 0 Å². The second kappa shape index (κ2) is 4.57. The monoisotopic (exact) mass is 209 g/mol. The van der Waals surface area contributed by atoms with Gasteiger partial charge < -0.3 is 5.73 Å². The third-order valence-electron chi connectivity index (χ3n) is 2.46. The van der Waals surface area contributed by atoms with Gasteiger partial charge in [0.25, 0.3) is 0 Å². The number of aryl methyl sites for hydroxylation is 1. The topological polar surface area (TPSA) is 60.9 Å². The third kappa shape index (κ3) is 2.26. The minimum Gasteiger partial charge on any atom is -0.330 e. The van der Waals surface area contributed by atoms with Crippen LogP contribution in [0.4, 0.5) is 0 Å². The van der Waals surface area contributed by atoms with E-state index in [-0.39, 0.29) is 11.8 Å². The van der Waals surface area contributed by atoms with Crippen LogP contribution in [-0.4, -0.2) is 22.1 Å². The maximum absolute atomic E-state index is 11.8. The lowest BCUT2D eigenvalue weighted by Gasteiger charge is -2.08. The average Bonchev–Trinajstić information content (AvgIpc) is 2.42. The van der Waals surface area contributed by atoms with Gasteiger partial charge in [-0.15, -0.1) is 0 Å². The number of hydrogen-bond donors (Lipinski definition) is 1. The Labute approximate surface area is 90.5 Å². The molecule has 0 aliphatic heterocycles. The van der Waals surface area contributed by atoms with Gasteiger partial charge in [-0.3, -0.25) is 9.48 Å². The molecule has 4 heteroatoms. The number of nitrogens with two attached hydrogens (primary N) is 1. The molecule has 0 fully saturated rings. The number of ketones is 1. The van der Waals surface area contributed by atoms with Crippen LogP contribution in [0.25, 0.3) is 0 Å². The lowest BCUT2D eigenvalue weighted by molar-refractivity contribution is 0.0984. The fraction of sp³-hybridized carbons (Fsp3) is 0.636. The average molecular weight is 209 g/mol. The minimum atomic E-state index is 0.0967. The molecular weight excluding hydrogens is 190 g/mol. The summed E-state index contributed by atoms with van der Waals surface area (Å²) in [5.74, 6) is 0.0967. The summed E-state index contributed by atoms with van der Waals surface area (Å²) in [4.78, 5) is 11.8. The molecular formula is C11H19N3O. The molecule has 0 spiro atoms. The van der Waals surface area contributed by atoms with Crippen molar-refractivity contribution < 1.29 is 4.79 Å². The molecule has 1 aromatic rings. The molecule has 0 radical (unpaired) electrons. The van der Waals surface area contributed by atoms with Crippen LogP contribution >= 0.6 is 0 Å². The maximum Gasteiger partial charge on any atom is 0.167 e. The van der Waals surface area contributed by atoms with Crippen LogP contribution in [0.3, 0.4) is 0 Å². The number of rotatable bonds is 4. The highest BCUT2D eigenvalue weighted by Crippen LogP contribution is 2.18. The van der Waals surface area contributed by atoms with E-state index < -0.39 is 0 Å². The van der Waals surface area contributed by atoms with Gasteiger partial charge in [0.1, 0.15) is 0 Å². The lowest BCUT2D eigenvalue weighted by Crippen LogP contribution is -2.10. The standard InChI is InChI=1S/C11H19N3O/c1-7(2)14-9(4)11(8(3)13-14)10(15)5-6-12/h7H,5-6,12H2,1-4H3. The molecule has 1 rings (SSSR count). The first-order valence-corrected chi connectivity index (χ1v) is 5.28. The second-order valence-corrected chi connectivity index (χ2v) is 4.05. The Morgan fingerprint density at radius 2 is 2.07 bits per heavy atom. The predicted octanol–water partition coefficient (Wildman–Crippen LogP) is 1.61. The largest absolute Gasteiger partial charge is 0.330 e. The van der Waals surface area contributed by atoms with Crippen molar-refractivity contribution in [2.24, 2.45) is 5.73 Å². The van der Waals surface area contributed by atoms with Gasteiger partial charge in [0.2, 0.25) is 0 Å². The van der Waals surface area contributed by atoms with Gasteiger partial charge in [0, 0.05) is 18.2 Å². The molecule has 4 nitrogen and oxygen atoms in total. The molecule has 0 saturated heterocycles. The van der Waals surface area contributed by atoms with E-state index in [1.165, 1.54) is 0 Å². The van der Waals surface area contributed by atoms with E-state index in [2.05, 4.69) is 18.9 Å². The van der Waals surface area contributed by atoms with Crippen molar-refractivity contribution in [3.05, 3.63) is 17.0 Å². The summed E-state index contributed by atoms with van der Waals surface area (Å²) in [6, 6.07) is 0.281. The molecule has 1 aromatic heterocycles. The van der Waals surface area contributed by atoms with E-state index in [0.717, 1.165) is 17.0 Å². The zero-order valence-corrected chi connectivity index (χ0v) is 9.87. The lowest BCUT2D eigenvalue weighted by atomic mass is 10.1. The zero-order valence-electron chi connectivity index (χ0n) is 9.87. The van der Waals surface area contributed by atoms with Gasteiger partial charge in [-0.1, -0.05) is 0 Å². The highest BCUT2D eigenvalue weighted by Gasteiger charge is 2.18. The van der Waals surface area contributed by atoms with Gasteiger partial charge in [-0.25, -0.2) is 0 Å². The van der Waals surface area contributed by atoms with Crippen molar-refractivity contribution in [2.45, 2.75) is 40.2 Å². The van der Waals surface area contributed by atoms with E-state index >= 15 is 0 Å². The van der Waals surface area contributed by atoms with Crippen LogP contribution in [0, 0.1) is 13.8 Å². The maximum atomic E-state index is 11.8. The summed E-state index contributed by atoms with van der Waals surface area (Å²) in [7, 11) is 0. The second-order valence-electron chi connectivity index (χ2n) is 4.05. The number of aromatic nitrogens is 2. The summed E-state index contributed by atoms with van der Waals surface area (Å²) in [6.45, 7) is 8.30. The van der Waals surface area contributed by atoms with Crippen LogP contribution in [0.2, 0.25) is 0 Å². The van der Waals surface area contributed by atoms with Crippen molar-refractivity contribution >= 4 is 5.78 Å². The van der Waals surface area contributed by atoms with Crippen LogP contribution in [0.1, 0.15) is 48.1 Å². The SMILES string of the molecule is Cc1nn(C(C)C)c(C)c1C(=O)CCN. The summed E-state index contributed by atoms with van der Waals surface area (Å²) in [5, 5.41) is 4.37. The molecule has 0 unspecified atom stereocenters. The molecule has 15 heavy (non-hydrogen) atoms. The molecule has 0 aliphatic rings. The Kier molecular flexibility index (Phi) is 3.63. The van der Waals surface area contributed by atoms with E-state index in [1.54, 1.807) is 0 Å². The van der Waals surface area contributed by atoms with Gasteiger partial charge >= 0.3 is 0 Å². The highest BCUT2D eigenvalue weighted by atomic mass is 16.1. The van der Waals surface area contributed by atoms with Gasteiger partial charge in [-0.05, 0) is 34.2 Å². The number of Topliss-reactive ketones (excluding diaryl/α,β-unsaturated/α-hetero) is 1. The van der Waals surface area contributed by atoms with Crippen molar-refractivity contribution in [3.8, 4) is 0 Å². The van der Waals surface area contributed by atoms with Crippen molar-refractivity contribution in [3.63, 3.8) is 0 Å². The summed E-state index contributed by atoms with van der Waals surface area (Å²) in [6.07, 6.45) is 0.394. The van der Waals surface area contributed by atoms with E-state index in [0.29, 0.717) is 13.0 Å². The van der Waals surface area contributed by atoms with Crippen molar-refractivity contribution in [2.75, 3.05) is 6.54 Å². The number of hydrogen-bond acceptors (Lipinski definition) is 3. The fourth-order valence-electron chi connectivity index (χ4n) is 1.83. The van der Waals surface area contributed by atoms with Crippen molar-refractivity contribution in [1.82, 2.24) is 9.78 Å². The Bertz CT molecular complexity index is 366. The minimum absolute atomic E-state index is 0.0967. The van der Waals surface area contributed by atoms with E-state index in [9.17, 15) is 4.79 Å². The first-order valence-electron chi connectivity index (χ1n) is 5.28. The zero-order chi connectivity index (χ0) is 11.6. The van der Waals surface area contributed by atoms with E-state index in [4.69, 9.17) is 5.73 Å². The van der Waals surface area contributed by atoms with Crippen LogP contribution in [0.5, 0.6) is 0 Å². The summed E-state index contributed by atoms with van der Waals surface area (Å²) >= 11 is 0. The molecule has 0 saturated carbocycles. The molecule has 2 N–H and O–H groups in total. The Balaban J connectivity index is 3.13. The van der Waals surface area contributed by atoms with Gasteiger partial charge in [-0.2, -0.15) is 5.10 Å². The first-order chi connectivity index (χ1) is 6.99. The number of carbonyl (C=O) groups excluding carboxylic acids is 1. The normalized spacial score (nSPS) is 11.1. The molecule has 0 aliphatic carbocycles. The Hall–Kier alpha value is -1.16. The third-order valence-corrected chi connectivity index (χ3v) is 2.46. The summed E-state index contributed by atoms with van der Waals surface area (Å²) < 4.78 is 1.89. The quantitative estimate of drug-likeness (QED) is 0.766. The Morgan fingerprint density at radius 1 is 1.47 bits per heavy atom. The molecule has 0 atom stereocenters. The Morgan fingerprint density at radius 3 is 2.47 bits per heavy atom. The summed E-state index contributed by atoms with van der Waals surface area (Å²) in [5.41, 5.74) is 7.88. The molecule has 0 amide bonds. The number of carbonyl (C=O) groups is 1. The van der Waals surface area contributed by atoms with Gasteiger partial charge in [0.05, 0.1) is 11.3 Å². The molecule has 84 valence electrons. The molecule has 0 bridgehead atoms. The van der Waals surface area contributed by atoms with Crippen molar-refractivity contribution in [1.29, 1.82) is 0 Å². The van der Waals surface area contributed by atoms with Crippen LogP contribution < -0.4 is 5.73 Å². The number of nitrogens with zero attached hydrogens (tertiary/aromatic N) is 2. The first kappa shape index (κ1) is 11.9. The fourth-order valence-corrected chi connectivity index (χ4v) is 1.83. The van der Waals surface area contributed by atoms with Gasteiger partial charge in [0.15, 0.2) is 5.78 Å². The predicted molar refractivity (Wildman–Crippen MR) is 60.1 cm³/mol. The van der Waals surface area contributed by atoms with Crippen LogP contribution in [0.15, 0.2) is 0 Å². The molecule has 1 heterocycles. The highest BCUT2D eigenvalue weighted by molar-refractivity contribution is 5.98. The smallest absolute Gasteiger partial charge is 0.167 e.